The van der Waals surface area contributed by atoms with E-state index in [0.29, 0.717) is 19.6 Å². The summed E-state index contributed by atoms with van der Waals surface area (Å²) in [5.41, 5.74) is 5.76. The van der Waals surface area contributed by atoms with Gasteiger partial charge in [-0.3, -0.25) is 4.79 Å². The maximum Gasteiger partial charge on any atom is 0.328 e. The van der Waals surface area contributed by atoms with Crippen molar-refractivity contribution in [2.45, 2.75) is 32.4 Å². The molecule has 3 unspecified atom stereocenters. The van der Waals surface area contributed by atoms with Crippen molar-refractivity contribution in [3.8, 4) is 0 Å². The largest absolute Gasteiger partial charge is 0.467 e. The molecule has 1 heterocycles. The third kappa shape index (κ3) is 3.96. The van der Waals surface area contributed by atoms with Crippen LogP contribution in [0.25, 0.3) is 0 Å². The Bertz CT molecular complexity index is 306. The molecule has 1 amide bonds. The minimum absolute atomic E-state index is 0.240. The third-order valence-electron chi connectivity index (χ3n) is 2.97. The topological polar surface area (TPSA) is 90.6 Å². The summed E-state index contributed by atoms with van der Waals surface area (Å²) in [6.45, 7) is 4.65. The highest BCUT2D eigenvalue weighted by atomic mass is 16.5. The number of rotatable bonds is 5. The van der Waals surface area contributed by atoms with Gasteiger partial charge in [-0.1, -0.05) is 13.8 Å². The fraction of sp³-hybridized carbons (Fsp3) is 0.833. The molecule has 0 radical (unpaired) electrons. The van der Waals surface area contributed by atoms with E-state index in [-0.39, 0.29) is 23.8 Å². The van der Waals surface area contributed by atoms with Crippen molar-refractivity contribution in [2.24, 2.45) is 17.6 Å². The fourth-order valence-electron chi connectivity index (χ4n) is 1.95. The van der Waals surface area contributed by atoms with Crippen molar-refractivity contribution >= 4 is 11.9 Å². The first kappa shape index (κ1) is 14.9. The first-order valence-corrected chi connectivity index (χ1v) is 6.17. The van der Waals surface area contributed by atoms with Gasteiger partial charge in [0.2, 0.25) is 5.91 Å². The number of nitrogens with one attached hydrogen (secondary N) is 1. The van der Waals surface area contributed by atoms with E-state index >= 15 is 0 Å². The molecule has 6 nitrogen and oxygen atoms in total. The van der Waals surface area contributed by atoms with Gasteiger partial charge in [-0.25, -0.2) is 4.79 Å². The third-order valence-corrected chi connectivity index (χ3v) is 2.97. The van der Waals surface area contributed by atoms with Crippen LogP contribution >= 0.6 is 0 Å². The molecular formula is C12H22N2O4. The molecule has 0 aliphatic carbocycles. The number of nitrogens with two attached hydrogens (primary N) is 1. The Morgan fingerprint density at radius 3 is 2.56 bits per heavy atom. The Labute approximate surface area is 107 Å². The predicted octanol–water partition coefficient (Wildman–Crippen LogP) is -0.336. The lowest BCUT2D eigenvalue weighted by atomic mass is 10.0. The highest BCUT2D eigenvalue weighted by molar-refractivity contribution is 5.86. The molecule has 0 aromatic rings. The van der Waals surface area contributed by atoms with Crippen LogP contribution in [0.15, 0.2) is 0 Å². The number of esters is 1. The van der Waals surface area contributed by atoms with Crippen LogP contribution < -0.4 is 11.1 Å². The Balaban J connectivity index is 2.59. The molecule has 0 bridgehead atoms. The van der Waals surface area contributed by atoms with E-state index in [1.807, 2.05) is 13.8 Å². The van der Waals surface area contributed by atoms with Crippen molar-refractivity contribution < 1.29 is 19.1 Å². The number of hydrogen-bond donors (Lipinski definition) is 2. The SMILES string of the molecule is COC(=O)C(CC(C)C)NC(=O)C1COCC1N. The summed E-state index contributed by atoms with van der Waals surface area (Å²) in [7, 11) is 1.31. The number of methoxy groups -OCH3 is 1. The molecule has 0 spiro atoms. The number of hydrogen-bond acceptors (Lipinski definition) is 5. The first-order chi connectivity index (χ1) is 8.45. The molecule has 1 rings (SSSR count). The summed E-state index contributed by atoms with van der Waals surface area (Å²) in [5, 5.41) is 2.70. The molecule has 3 N–H and O–H groups in total. The van der Waals surface area contributed by atoms with E-state index in [1.165, 1.54) is 7.11 Å². The van der Waals surface area contributed by atoms with E-state index in [1.54, 1.807) is 0 Å². The summed E-state index contributed by atoms with van der Waals surface area (Å²) in [4.78, 5) is 23.6. The standard InChI is InChI=1S/C12H22N2O4/c1-7(2)4-10(12(16)17-3)14-11(15)8-5-18-6-9(8)13/h7-10H,4-6,13H2,1-3H3,(H,14,15). The van der Waals surface area contributed by atoms with Crippen LogP contribution in [-0.4, -0.2) is 44.3 Å². The van der Waals surface area contributed by atoms with Crippen molar-refractivity contribution in [1.29, 1.82) is 0 Å². The molecule has 6 heteroatoms. The molecular weight excluding hydrogens is 236 g/mol. The summed E-state index contributed by atoms with van der Waals surface area (Å²) in [6, 6.07) is -0.919. The first-order valence-electron chi connectivity index (χ1n) is 6.17. The van der Waals surface area contributed by atoms with Gasteiger partial charge in [0.1, 0.15) is 6.04 Å². The summed E-state index contributed by atoms with van der Waals surface area (Å²) >= 11 is 0. The lowest BCUT2D eigenvalue weighted by molar-refractivity contribution is -0.146. The van der Waals surface area contributed by atoms with Gasteiger partial charge in [-0.2, -0.15) is 0 Å². The quantitative estimate of drug-likeness (QED) is 0.659. The lowest BCUT2D eigenvalue weighted by Gasteiger charge is -2.21. The predicted molar refractivity (Wildman–Crippen MR) is 65.7 cm³/mol. The van der Waals surface area contributed by atoms with Crippen molar-refractivity contribution in [3.05, 3.63) is 0 Å². The average molecular weight is 258 g/mol. The maximum atomic E-state index is 12.0. The molecule has 1 fully saturated rings. The zero-order valence-electron chi connectivity index (χ0n) is 11.1. The smallest absolute Gasteiger partial charge is 0.328 e. The van der Waals surface area contributed by atoms with Crippen LogP contribution in [-0.2, 0) is 19.1 Å². The van der Waals surface area contributed by atoms with Crippen molar-refractivity contribution in [2.75, 3.05) is 20.3 Å². The summed E-state index contributed by atoms with van der Waals surface area (Å²) in [5.74, 6) is -0.771. The highest BCUT2D eigenvalue weighted by Gasteiger charge is 2.34. The van der Waals surface area contributed by atoms with Crippen LogP contribution in [0, 0.1) is 11.8 Å². The number of carbonyl (C=O) groups excluding carboxylic acids is 2. The van der Waals surface area contributed by atoms with Crippen LogP contribution in [0.5, 0.6) is 0 Å². The number of ether oxygens (including phenoxy) is 2. The molecule has 0 aromatic heterocycles. The van der Waals surface area contributed by atoms with Gasteiger partial charge in [-0.15, -0.1) is 0 Å². The maximum absolute atomic E-state index is 12.0. The van der Waals surface area contributed by atoms with Gasteiger partial charge in [0, 0.05) is 6.04 Å². The average Bonchev–Trinajstić information content (AvgIpc) is 2.73. The normalized spacial score (nSPS) is 24.9. The second kappa shape index (κ2) is 6.70. The Morgan fingerprint density at radius 2 is 2.11 bits per heavy atom. The number of carbonyl (C=O) groups is 2. The molecule has 1 aliphatic rings. The van der Waals surface area contributed by atoms with Crippen LogP contribution in [0.1, 0.15) is 20.3 Å². The zero-order valence-corrected chi connectivity index (χ0v) is 11.1. The molecule has 0 aromatic carbocycles. The molecule has 18 heavy (non-hydrogen) atoms. The fourth-order valence-corrected chi connectivity index (χ4v) is 1.95. The Morgan fingerprint density at radius 1 is 1.44 bits per heavy atom. The molecule has 3 atom stereocenters. The van der Waals surface area contributed by atoms with E-state index < -0.39 is 12.0 Å². The monoisotopic (exact) mass is 258 g/mol. The van der Waals surface area contributed by atoms with Crippen molar-refractivity contribution in [1.82, 2.24) is 5.32 Å². The van der Waals surface area contributed by atoms with Gasteiger partial charge in [-0.05, 0) is 12.3 Å². The van der Waals surface area contributed by atoms with Gasteiger partial charge >= 0.3 is 5.97 Å². The van der Waals surface area contributed by atoms with Crippen LogP contribution in [0.2, 0.25) is 0 Å². The van der Waals surface area contributed by atoms with Crippen LogP contribution in [0.3, 0.4) is 0 Å². The number of amides is 1. The zero-order chi connectivity index (χ0) is 13.7. The Hall–Kier alpha value is -1.14. The minimum atomic E-state index is -0.615. The summed E-state index contributed by atoms with van der Waals surface area (Å²) in [6.07, 6.45) is 0.543. The van der Waals surface area contributed by atoms with E-state index in [9.17, 15) is 9.59 Å². The summed E-state index contributed by atoms with van der Waals surface area (Å²) < 4.78 is 9.83. The lowest BCUT2D eigenvalue weighted by Crippen LogP contribution is -2.48. The second-order valence-electron chi connectivity index (χ2n) is 5.02. The molecule has 0 saturated carbocycles. The van der Waals surface area contributed by atoms with Gasteiger partial charge in [0.15, 0.2) is 0 Å². The molecule has 1 saturated heterocycles. The Kier molecular flexibility index (Phi) is 5.55. The van der Waals surface area contributed by atoms with Gasteiger partial charge in [0.25, 0.3) is 0 Å². The molecule has 1 aliphatic heterocycles. The molecule has 104 valence electrons. The van der Waals surface area contributed by atoms with E-state index in [4.69, 9.17) is 10.5 Å². The van der Waals surface area contributed by atoms with Crippen LogP contribution in [0.4, 0.5) is 0 Å². The van der Waals surface area contributed by atoms with Gasteiger partial charge in [0.05, 0.1) is 26.2 Å². The van der Waals surface area contributed by atoms with Crippen molar-refractivity contribution in [3.63, 3.8) is 0 Å². The van der Waals surface area contributed by atoms with E-state index in [0.717, 1.165) is 0 Å². The van der Waals surface area contributed by atoms with Gasteiger partial charge < -0.3 is 20.5 Å². The highest BCUT2D eigenvalue weighted by Crippen LogP contribution is 2.13. The minimum Gasteiger partial charge on any atom is -0.467 e. The van der Waals surface area contributed by atoms with E-state index in [2.05, 4.69) is 10.1 Å². The second-order valence-corrected chi connectivity index (χ2v) is 5.02.